The molecule has 1 aliphatic heterocycles. The van der Waals surface area contributed by atoms with Crippen LogP contribution in [0.4, 0.5) is 0 Å². The van der Waals surface area contributed by atoms with Gasteiger partial charge < -0.3 is 23.6 Å². The lowest BCUT2D eigenvalue weighted by atomic mass is 10.1. The van der Waals surface area contributed by atoms with E-state index in [2.05, 4.69) is 80.7 Å². The zero-order chi connectivity index (χ0) is 43.3. The van der Waals surface area contributed by atoms with Crippen molar-refractivity contribution in [2.45, 2.75) is 173 Å². The van der Waals surface area contributed by atoms with Crippen molar-refractivity contribution in [1.82, 2.24) is 0 Å². The maximum absolute atomic E-state index is 12.7. The van der Waals surface area contributed by atoms with Crippen LogP contribution < -0.4 is 0 Å². The minimum atomic E-state index is -4.41. The standard InChI is InChI=1S/C48H82NO9P/c1-6-8-10-12-14-16-17-18-19-20-21-22-23-25-27-29-34-38-47(50)54-42-44(43-56-59(52,53)55-41-40-49(3,4)5)57-48(51)39-35-31-30-33-37-46-45(58-46)36-32-28-26-24-15-13-11-9-7-2/h15,18-19,21-22,24-25,27-28,30,32-33,44-46H,6-14,16-17,20,23,26,29,31,34-43H2,1-5H3/p+1/b19-18-,22-21-,24-15-,27-25-,32-28-,33-30-/t44-,45?,46?/m1/s1. The van der Waals surface area contributed by atoms with E-state index in [0.717, 1.165) is 51.4 Å². The molecule has 0 saturated carbocycles. The van der Waals surface area contributed by atoms with Gasteiger partial charge in [0, 0.05) is 12.8 Å². The SMILES string of the molecule is CCCCC/C=C\C/C=C\CC1OC1C/C=C\CCCC(=O)O[C@H](COC(=O)CCC/C=C\C/C=C\C/C=C\CCCCCCCC)COP(=O)(O)OCC[N+](C)(C)C. The van der Waals surface area contributed by atoms with E-state index < -0.39 is 32.5 Å². The topological polar surface area (TPSA) is 121 Å². The van der Waals surface area contributed by atoms with Gasteiger partial charge in [-0.25, -0.2) is 4.57 Å². The molecular formula is C48H83NO9P+. The van der Waals surface area contributed by atoms with Gasteiger partial charge in [0.2, 0.25) is 0 Å². The number of rotatable bonds is 39. The average Bonchev–Trinajstić information content (AvgIpc) is 3.94. The van der Waals surface area contributed by atoms with Crippen molar-refractivity contribution >= 4 is 19.8 Å². The molecule has 0 radical (unpaired) electrons. The molecule has 0 spiro atoms. The van der Waals surface area contributed by atoms with E-state index in [0.29, 0.717) is 30.3 Å². The molecule has 3 unspecified atom stereocenters. The lowest BCUT2D eigenvalue weighted by Gasteiger charge is -2.24. The predicted molar refractivity (Wildman–Crippen MR) is 242 cm³/mol. The number of epoxide rings is 1. The lowest BCUT2D eigenvalue weighted by molar-refractivity contribution is -0.870. The molecule has 0 aromatic heterocycles. The van der Waals surface area contributed by atoms with Crippen molar-refractivity contribution in [3.63, 3.8) is 0 Å². The number of likely N-dealkylation sites (N-methyl/N-ethyl adjacent to an activating group) is 1. The second-order valence-corrected chi connectivity index (χ2v) is 17.9. The molecule has 338 valence electrons. The minimum absolute atomic E-state index is 0.00731. The summed E-state index contributed by atoms with van der Waals surface area (Å²) in [6.07, 6.45) is 47.0. The summed E-state index contributed by atoms with van der Waals surface area (Å²) in [5, 5.41) is 0. The number of quaternary nitrogens is 1. The molecule has 0 aliphatic carbocycles. The average molecular weight is 849 g/mol. The van der Waals surface area contributed by atoms with Gasteiger partial charge in [-0.05, 0) is 83.5 Å². The Balaban J connectivity index is 2.37. The Morgan fingerprint density at radius 3 is 1.66 bits per heavy atom. The first-order valence-electron chi connectivity index (χ1n) is 22.8. The zero-order valence-electron chi connectivity index (χ0n) is 37.7. The lowest BCUT2D eigenvalue weighted by Crippen LogP contribution is -2.37. The second-order valence-electron chi connectivity index (χ2n) is 16.5. The Labute approximate surface area is 359 Å². The van der Waals surface area contributed by atoms with Gasteiger partial charge in [0.05, 0.1) is 40.0 Å². The number of nitrogens with zero attached hydrogens (tertiary/aromatic N) is 1. The maximum Gasteiger partial charge on any atom is 0.472 e. The van der Waals surface area contributed by atoms with Crippen LogP contribution in [0.15, 0.2) is 72.9 Å². The molecule has 1 saturated heterocycles. The summed E-state index contributed by atoms with van der Waals surface area (Å²) in [5.41, 5.74) is 0. The molecule has 10 nitrogen and oxygen atoms in total. The second kappa shape index (κ2) is 36.1. The first-order chi connectivity index (χ1) is 28.5. The van der Waals surface area contributed by atoms with Crippen molar-refractivity contribution in [1.29, 1.82) is 0 Å². The molecule has 59 heavy (non-hydrogen) atoms. The highest BCUT2D eigenvalue weighted by Crippen LogP contribution is 2.43. The van der Waals surface area contributed by atoms with E-state index in [1.165, 1.54) is 57.8 Å². The highest BCUT2D eigenvalue weighted by atomic mass is 31.2. The van der Waals surface area contributed by atoms with Crippen LogP contribution in [0.2, 0.25) is 0 Å². The fourth-order valence-electron chi connectivity index (χ4n) is 5.89. The van der Waals surface area contributed by atoms with Crippen LogP contribution in [0.3, 0.4) is 0 Å². The quantitative estimate of drug-likeness (QED) is 0.0161. The Hall–Kier alpha value is -2.59. The predicted octanol–water partition coefficient (Wildman–Crippen LogP) is 12.0. The van der Waals surface area contributed by atoms with Gasteiger partial charge in [0.1, 0.15) is 19.8 Å². The molecule has 4 atom stereocenters. The third-order valence-electron chi connectivity index (χ3n) is 9.61. The number of allylic oxidation sites excluding steroid dienone is 10. The largest absolute Gasteiger partial charge is 0.472 e. The van der Waals surface area contributed by atoms with E-state index in [-0.39, 0.29) is 38.3 Å². The van der Waals surface area contributed by atoms with E-state index >= 15 is 0 Å². The van der Waals surface area contributed by atoms with Crippen LogP contribution in [0.1, 0.15) is 155 Å². The van der Waals surface area contributed by atoms with Crippen molar-refractivity contribution in [2.24, 2.45) is 0 Å². The maximum atomic E-state index is 12.7. The Kier molecular flexibility index (Phi) is 33.3. The molecule has 1 aliphatic rings. The van der Waals surface area contributed by atoms with E-state index in [4.69, 9.17) is 23.3 Å². The highest BCUT2D eigenvalue weighted by Gasteiger charge is 2.36. The van der Waals surface area contributed by atoms with Gasteiger partial charge in [0.25, 0.3) is 0 Å². The molecule has 0 aromatic carbocycles. The number of phosphoric ester groups is 1. The van der Waals surface area contributed by atoms with Gasteiger partial charge in [-0.1, -0.05) is 132 Å². The zero-order valence-corrected chi connectivity index (χ0v) is 38.5. The molecule has 1 fully saturated rings. The summed E-state index contributed by atoms with van der Waals surface area (Å²) in [5.74, 6) is -0.940. The fraction of sp³-hybridized carbons (Fsp3) is 0.708. The van der Waals surface area contributed by atoms with E-state index in [1.54, 1.807) is 0 Å². The number of unbranched alkanes of at least 4 members (excludes halogenated alkanes) is 11. The molecule has 0 amide bonds. The third kappa shape index (κ3) is 36.9. The van der Waals surface area contributed by atoms with Gasteiger partial charge in [-0.15, -0.1) is 0 Å². The van der Waals surface area contributed by atoms with Crippen molar-refractivity contribution in [3.8, 4) is 0 Å². The molecule has 1 rings (SSSR count). The van der Waals surface area contributed by atoms with E-state index in [1.807, 2.05) is 27.2 Å². The summed E-state index contributed by atoms with van der Waals surface area (Å²) in [6, 6.07) is 0. The Morgan fingerprint density at radius 1 is 0.610 bits per heavy atom. The summed E-state index contributed by atoms with van der Waals surface area (Å²) < 4.78 is 40.0. The van der Waals surface area contributed by atoms with Crippen LogP contribution in [0.25, 0.3) is 0 Å². The van der Waals surface area contributed by atoms with Gasteiger partial charge in [-0.3, -0.25) is 18.6 Å². The summed E-state index contributed by atoms with van der Waals surface area (Å²) in [6.45, 7) is 4.23. The number of phosphoric acid groups is 1. The van der Waals surface area contributed by atoms with Crippen LogP contribution in [0.5, 0.6) is 0 Å². The monoisotopic (exact) mass is 849 g/mol. The van der Waals surface area contributed by atoms with Crippen LogP contribution in [-0.4, -0.2) is 87.1 Å². The number of hydrogen-bond donors (Lipinski definition) is 1. The number of esters is 2. The molecule has 1 N–H and O–H groups in total. The van der Waals surface area contributed by atoms with Crippen molar-refractivity contribution in [3.05, 3.63) is 72.9 Å². The summed E-state index contributed by atoms with van der Waals surface area (Å²) in [4.78, 5) is 35.4. The Bertz CT molecular complexity index is 1300. The minimum Gasteiger partial charge on any atom is -0.462 e. The third-order valence-corrected chi connectivity index (χ3v) is 10.6. The molecular weight excluding hydrogens is 766 g/mol. The van der Waals surface area contributed by atoms with Crippen molar-refractivity contribution < 1.29 is 46.8 Å². The van der Waals surface area contributed by atoms with Gasteiger partial charge >= 0.3 is 19.8 Å². The first-order valence-corrected chi connectivity index (χ1v) is 24.3. The first kappa shape index (κ1) is 54.4. The van der Waals surface area contributed by atoms with Gasteiger partial charge in [-0.2, -0.15) is 0 Å². The normalized spacial score (nSPS) is 17.7. The smallest absolute Gasteiger partial charge is 0.462 e. The number of carbonyl (C=O) groups is 2. The fourth-order valence-corrected chi connectivity index (χ4v) is 6.63. The van der Waals surface area contributed by atoms with Crippen LogP contribution in [0, 0.1) is 0 Å². The molecule has 11 heteroatoms. The number of hydrogen-bond acceptors (Lipinski definition) is 8. The number of ether oxygens (including phenoxy) is 3. The van der Waals surface area contributed by atoms with Crippen LogP contribution in [-0.2, 0) is 37.4 Å². The highest BCUT2D eigenvalue weighted by molar-refractivity contribution is 7.47. The molecule has 0 aromatic rings. The molecule has 1 heterocycles. The summed E-state index contributed by atoms with van der Waals surface area (Å²) >= 11 is 0. The summed E-state index contributed by atoms with van der Waals surface area (Å²) in [7, 11) is 1.39. The van der Waals surface area contributed by atoms with E-state index in [9.17, 15) is 19.0 Å². The number of carbonyl (C=O) groups excluding carboxylic acids is 2. The van der Waals surface area contributed by atoms with Crippen LogP contribution >= 0.6 is 7.82 Å². The molecule has 0 bridgehead atoms. The van der Waals surface area contributed by atoms with Gasteiger partial charge in [0.15, 0.2) is 6.10 Å². The Morgan fingerprint density at radius 2 is 1.07 bits per heavy atom. The van der Waals surface area contributed by atoms with Crippen molar-refractivity contribution in [2.75, 3.05) is 47.5 Å².